The summed E-state index contributed by atoms with van der Waals surface area (Å²) >= 11 is 6.93. The molecule has 1 fully saturated rings. The Morgan fingerprint density at radius 3 is 2.26 bits per heavy atom. The quantitative estimate of drug-likeness (QED) is 0.145. The fourth-order valence-electron chi connectivity index (χ4n) is 4.42. The number of anilines is 1. The molecule has 0 atom stereocenters. The molecule has 0 bridgehead atoms. The summed E-state index contributed by atoms with van der Waals surface area (Å²) in [6, 6.07) is 24.7. The molecule has 0 saturated carbocycles. The Labute approximate surface area is 265 Å². The number of methoxy groups -OCH3 is 1. The lowest BCUT2D eigenvalue weighted by Crippen LogP contribution is -2.54. The van der Waals surface area contributed by atoms with Gasteiger partial charge in [0.2, 0.25) is 0 Å². The van der Waals surface area contributed by atoms with Crippen LogP contribution in [0.3, 0.4) is 0 Å². The van der Waals surface area contributed by atoms with Gasteiger partial charge >= 0.3 is 6.03 Å². The Morgan fingerprint density at radius 2 is 1.56 bits per heavy atom. The SMILES string of the molecule is COc1cc(/C=C2\C(=O)NC(=O)N(c3ccc(OCc4ccc(Br)cc4)cc3)C2=O)cc(Br)c1OCc1cccc(C)c1. The number of benzene rings is 4. The second kappa shape index (κ2) is 13.3. The highest BCUT2D eigenvalue weighted by molar-refractivity contribution is 9.10. The fourth-order valence-corrected chi connectivity index (χ4v) is 5.26. The van der Waals surface area contributed by atoms with Gasteiger partial charge in [-0.15, -0.1) is 0 Å². The van der Waals surface area contributed by atoms with Crippen molar-refractivity contribution in [1.82, 2.24) is 5.32 Å². The maximum atomic E-state index is 13.4. The number of barbiturate groups is 1. The Bertz CT molecular complexity index is 1720. The van der Waals surface area contributed by atoms with Crippen molar-refractivity contribution in [2.75, 3.05) is 12.0 Å². The minimum absolute atomic E-state index is 0.211. The smallest absolute Gasteiger partial charge is 0.335 e. The molecule has 0 radical (unpaired) electrons. The maximum Gasteiger partial charge on any atom is 0.335 e. The number of nitrogens with one attached hydrogen (secondary N) is 1. The van der Waals surface area contributed by atoms with Gasteiger partial charge in [0.1, 0.15) is 24.5 Å². The molecular weight excluding hydrogens is 680 g/mol. The average Bonchev–Trinajstić information content (AvgIpc) is 2.99. The first-order valence-electron chi connectivity index (χ1n) is 13.2. The summed E-state index contributed by atoms with van der Waals surface area (Å²) in [6.45, 7) is 2.69. The number of halogens is 2. The lowest BCUT2D eigenvalue weighted by atomic mass is 10.1. The first kappa shape index (κ1) is 30.1. The van der Waals surface area contributed by atoms with E-state index >= 15 is 0 Å². The summed E-state index contributed by atoms with van der Waals surface area (Å²) in [5.74, 6) is -0.109. The standard InChI is InChI=1S/C33H26Br2N2O6/c1-20-4-3-5-22(14-20)19-43-30-28(35)16-23(17-29(30)41-2)15-27-31(38)36-33(40)37(32(27)39)25-10-12-26(13-11-25)42-18-21-6-8-24(34)9-7-21/h3-17H,18-19H2,1-2H3,(H,36,38,40)/b27-15+. The molecule has 0 aliphatic carbocycles. The molecule has 218 valence electrons. The third-order valence-corrected chi connectivity index (χ3v) is 7.66. The molecule has 5 rings (SSSR count). The minimum atomic E-state index is -0.839. The summed E-state index contributed by atoms with van der Waals surface area (Å²) in [5, 5.41) is 2.25. The highest BCUT2D eigenvalue weighted by Gasteiger charge is 2.37. The molecule has 10 heteroatoms. The van der Waals surface area contributed by atoms with Gasteiger partial charge in [-0.2, -0.15) is 0 Å². The number of nitrogens with zero attached hydrogens (tertiary/aromatic N) is 1. The lowest BCUT2D eigenvalue weighted by molar-refractivity contribution is -0.122. The van der Waals surface area contributed by atoms with Crippen molar-refractivity contribution in [3.63, 3.8) is 0 Å². The molecule has 4 aromatic rings. The molecular formula is C33H26Br2N2O6. The van der Waals surface area contributed by atoms with Crippen LogP contribution in [0, 0.1) is 6.92 Å². The van der Waals surface area contributed by atoms with Gasteiger partial charge in [-0.25, -0.2) is 9.69 Å². The summed E-state index contributed by atoms with van der Waals surface area (Å²) < 4.78 is 18.9. The predicted octanol–water partition coefficient (Wildman–Crippen LogP) is 7.35. The van der Waals surface area contributed by atoms with Crippen LogP contribution in [-0.2, 0) is 22.8 Å². The number of amides is 4. The minimum Gasteiger partial charge on any atom is -0.493 e. The van der Waals surface area contributed by atoms with Crippen molar-refractivity contribution in [2.24, 2.45) is 0 Å². The number of urea groups is 1. The topological polar surface area (TPSA) is 94.2 Å². The van der Waals surface area contributed by atoms with E-state index in [1.807, 2.05) is 55.5 Å². The Kier molecular flexibility index (Phi) is 9.27. The molecule has 0 spiro atoms. The molecule has 4 amide bonds. The number of hydrogen-bond acceptors (Lipinski definition) is 6. The number of ether oxygens (including phenoxy) is 3. The van der Waals surface area contributed by atoms with Crippen LogP contribution in [-0.4, -0.2) is 25.0 Å². The van der Waals surface area contributed by atoms with Gasteiger partial charge in [-0.1, -0.05) is 57.9 Å². The van der Waals surface area contributed by atoms with Crippen molar-refractivity contribution >= 4 is 61.5 Å². The first-order valence-corrected chi connectivity index (χ1v) is 14.7. The van der Waals surface area contributed by atoms with Crippen LogP contribution in [0.2, 0.25) is 0 Å². The number of hydrogen-bond donors (Lipinski definition) is 1. The van der Waals surface area contributed by atoms with Gasteiger partial charge in [-0.05, 0) is 94.2 Å². The van der Waals surface area contributed by atoms with Gasteiger partial charge in [0.25, 0.3) is 11.8 Å². The van der Waals surface area contributed by atoms with Gasteiger partial charge in [0.15, 0.2) is 11.5 Å². The van der Waals surface area contributed by atoms with Crippen molar-refractivity contribution in [1.29, 1.82) is 0 Å². The van der Waals surface area contributed by atoms with E-state index in [9.17, 15) is 14.4 Å². The summed E-state index contributed by atoms with van der Waals surface area (Å²) in [5.41, 5.74) is 3.68. The van der Waals surface area contributed by atoms with Crippen LogP contribution in [0.25, 0.3) is 6.08 Å². The molecule has 1 saturated heterocycles. The molecule has 1 aliphatic rings. The molecule has 1 aliphatic heterocycles. The van der Waals surface area contributed by atoms with E-state index in [1.54, 1.807) is 36.4 Å². The number of aryl methyl sites for hydroxylation is 1. The number of carbonyl (C=O) groups excluding carboxylic acids is 3. The third kappa shape index (κ3) is 7.15. The Hall–Kier alpha value is -4.41. The van der Waals surface area contributed by atoms with Crippen LogP contribution in [0.5, 0.6) is 17.2 Å². The van der Waals surface area contributed by atoms with Gasteiger partial charge in [0.05, 0.1) is 17.3 Å². The molecule has 1 heterocycles. The molecule has 0 aromatic heterocycles. The molecule has 1 N–H and O–H groups in total. The predicted molar refractivity (Wildman–Crippen MR) is 170 cm³/mol. The molecule has 4 aromatic carbocycles. The zero-order valence-corrected chi connectivity index (χ0v) is 26.4. The zero-order chi connectivity index (χ0) is 30.5. The summed E-state index contributed by atoms with van der Waals surface area (Å²) in [4.78, 5) is 39.8. The molecule has 0 unspecified atom stereocenters. The van der Waals surface area contributed by atoms with E-state index in [4.69, 9.17) is 14.2 Å². The van der Waals surface area contributed by atoms with Gasteiger partial charge < -0.3 is 14.2 Å². The number of imide groups is 2. The lowest BCUT2D eigenvalue weighted by Gasteiger charge is -2.26. The average molecular weight is 706 g/mol. The Morgan fingerprint density at radius 1 is 0.837 bits per heavy atom. The van der Waals surface area contributed by atoms with E-state index in [-0.39, 0.29) is 11.3 Å². The van der Waals surface area contributed by atoms with Crippen molar-refractivity contribution < 1.29 is 28.6 Å². The third-order valence-electron chi connectivity index (χ3n) is 6.54. The summed E-state index contributed by atoms with van der Waals surface area (Å²) in [6.07, 6.45) is 1.41. The molecule has 8 nitrogen and oxygen atoms in total. The van der Waals surface area contributed by atoms with Crippen LogP contribution in [0.4, 0.5) is 10.5 Å². The summed E-state index contributed by atoms with van der Waals surface area (Å²) in [7, 11) is 1.50. The fraction of sp³-hybridized carbons (Fsp3) is 0.121. The van der Waals surface area contributed by atoms with E-state index in [0.29, 0.717) is 40.5 Å². The van der Waals surface area contributed by atoms with E-state index < -0.39 is 17.8 Å². The number of rotatable bonds is 9. The monoisotopic (exact) mass is 704 g/mol. The highest BCUT2D eigenvalue weighted by Crippen LogP contribution is 2.38. The van der Waals surface area contributed by atoms with Gasteiger partial charge in [-0.3, -0.25) is 14.9 Å². The van der Waals surface area contributed by atoms with Crippen LogP contribution >= 0.6 is 31.9 Å². The van der Waals surface area contributed by atoms with E-state index in [1.165, 1.54) is 13.2 Å². The highest BCUT2D eigenvalue weighted by atomic mass is 79.9. The zero-order valence-electron chi connectivity index (χ0n) is 23.2. The maximum absolute atomic E-state index is 13.4. The second-order valence-corrected chi connectivity index (χ2v) is 11.4. The second-order valence-electron chi connectivity index (χ2n) is 9.68. The number of carbonyl (C=O) groups is 3. The normalized spacial score (nSPS) is 14.1. The molecule has 43 heavy (non-hydrogen) atoms. The van der Waals surface area contributed by atoms with Crippen molar-refractivity contribution in [3.05, 3.63) is 122 Å². The largest absolute Gasteiger partial charge is 0.493 e. The van der Waals surface area contributed by atoms with Crippen molar-refractivity contribution in [3.8, 4) is 17.2 Å². The van der Waals surface area contributed by atoms with E-state index in [2.05, 4.69) is 37.2 Å². The van der Waals surface area contributed by atoms with E-state index in [0.717, 1.165) is 26.1 Å². The first-order chi connectivity index (χ1) is 20.7. The van der Waals surface area contributed by atoms with Crippen LogP contribution in [0.1, 0.15) is 22.3 Å². The van der Waals surface area contributed by atoms with Gasteiger partial charge in [0, 0.05) is 4.47 Å². The van der Waals surface area contributed by atoms with Crippen molar-refractivity contribution in [2.45, 2.75) is 20.1 Å². The van der Waals surface area contributed by atoms with Crippen LogP contribution in [0.15, 0.2) is 99.4 Å². The van der Waals surface area contributed by atoms with Crippen LogP contribution < -0.4 is 24.4 Å². The Balaban J connectivity index is 1.34.